The molecule has 6 fully saturated rings. The van der Waals surface area contributed by atoms with Gasteiger partial charge >= 0.3 is 17.9 Å². The maximum absolute atomic E-state index is 13.5. The van der Waals surface area contributed by atoms with E-state index in [4.69, 9.17) is 28.4 Å². The van der Waals surface area contributed by atoms with Crippen LogP contribution >= 0.6 is 0 Å². The Kier molecular flexibility index (Phi) is 14.0. The van der Waals surface area contributed by atoms with Crippen molar-refractivity contribution in [3.63, 3.8) is 0 Å². The lowest BCUT2D eigenvalue weighted by molar-refractivity contribution is -0.372. The molecule has 7 rings (SSSR count). The van der Waals surface area contributed by atoms with Crippen LogP contribution < -0.4 is 0 Å². The Bertz CT molecular complexity index is 1970. The predicted molar refractivity (Wildman–Crippen MR) is 235 cm³/mol. The van der Waals surface area contributed by atoms with E-state index in [1.54, 1.807) is 19.9 Å². The zero-order valence-electron chi connectivity index (χ0n) is 40.7. The van der Waals surface area contributed by atoms with Gasteiger partial charge in [0, 0.05) is 17.9 Å². The minimum atomic E-state index is -1.97. The van der Waals surface area contributed by atoms with Gasteiger partial charge in [-0.15, -0.1) is 0 Å². The number of hydrogen-bond acceptors (Lipinski definition) is 17. The molecular weight excluding hydrogens is 877 g/mol. The van der Waals surface area contributed by atoms with Gasteiger partial charge in [0.2, 0.25) is 0 Å². The van der Waals surface area contributed by atoms with E-state index in [0.29, 0.717) is 38.5 Å². The first kappa shape index (κ1) is 52.2. The van der Waals surface area contributed by atoms with Crippen molar-refractivity contribution in [2.24, 2.45) is 50.2 Å². The Morgan fingerprint density at radius 3 is 2.01 bits per heavy atom. The van der Waals surface area contributed by atoms with Crippen molar-refractivity contribution in [1.29, 1.82) is 0 Å². The highest BCUT2D eigenvalue weighted by Gasteiger charge is 2.77. The fraction of sp³-hybridized carbons (Fsp3) is 0.857. The second-order valence-electron chi connectivity index (χ2n) is 22.9. The van der Waals surface area contributed by atoms with E-state index in [2.05, 4.69) is 33.8 Å². The minimum absolute atomic E-state index is 0.0472. The third kappa shape index (κ3) is 7.77. The molecule has 67 heavy (non-hydrogen) atoms. The van der Waals surface area contributed by atoms with Crippen molar-refractivity contribution in [3.05, 3.63) is 23.3 Å². The fourth-order valence-corrected chi connectivity index (χ4v) is 14.7. The molecule has 22 atom stereocenters. The molecule has 18 nitrogen and oxygen atoms in total. The summed E-state index contributed by atoms with van der Waals surface area (Å²) in [6, 6.07) is 0. The normalized spacial score (nSPS) is 50.3. The van der Waals surface area contributed by atoms with Crippen LogP contribution in [0.25, 0.3) is 0 Å². The average molecular weight is 953 g/mol. The Morgan fingerprint density at radius 2 is 1.42 bits per heavy atom. The molecule has 9 N–H and O–H groups in total. The third-order valence-corrected chi connectivity index (χ3v) is 18.9. The Hall–Kier alpha value is -2.59. The summed E-state index contributed by atoms with van der Waals surface area (Å²) in [5, 5.41) is 101. The highest BCUT2D eigenvalue weighted by molar-refractivity contribution is 5.87. The van der Waals surface area contributed by atoms with Crippen LogP contribution in [0.2, 0.25) is 0 Å². The molecule has 4 saturated carbocycles. The number of aliphatic hydroxyl groups is 8. The van der Waals surface area contributed by atoms with Crippen LogP contribution in [0.1, 0.15) is 115 Å². The summed E-state index contributed by atoms with van der Waals surface area (Å²) in [4.78, 5) is 39.0. The van der Waals surface area contributed by atoms with Crippen LogP contribution in [0.3, 0.4) is 0 Å². The number of hydrogen-bond donors (Lipinski definition) is 9. The van der Waals surface area contributed by atoms with Crippen LogP contribution in [0.15, 0.2) is 23.3 Å². The van der Waals surface area contributed by atoms with Crippen molar-refractivity contribution in [3.8, 4) is 0 Å². The second-order valence-corrected chi connectivity index (χ2v) is 22.9. The summed E-state index contributed by atoms with van der Waals surface area (Å²) in [5.41, 5.74) is -4.06. The number of aliphatic hydroxyl groups excluding tert-OH is 8. The lowest BCUT2D eigenvalue weighted by Crippen LogP contribution is -2.77. The van der Waals surface area contributed by atoms with Crippen LogP contribution in [0.4, 0.5) is 0 Å². The van der Waals surface area contributed by atoms with Gasteiger partial charge in [-0.1, -0.05) is 66.2 Å². The number of fused-ring (bicyclic) bond motifs is 7. The molecule has 380 valence electrons. The highest BCUT2D eigenvalue weighted by atomic mass is 16.8. The number of esters is 2. The lowest BCUT2D eigenvalue weighted by atomic mass is 9.32. The van der Waals surface area contributed by atoms with Crippen LogP contribution in [0.5, 0.6) is 0 Å². The van der Waals surface area contributed by atoms with Crippen LogP contribution in [-0.4, -0.2) is 162 Å². The summed E-state index contributed by atoms with van der Waals surface area (Å²) < 4.78 is 36.5. The smallest absolute Gasteiger partial charge is 0.335 e. The third-order valence-electron chi connectivity index (χ3n) is 18.9. The maximum Gasteiger partial charge on any atom is 0.335 e. The largest absolute Gasteiger partial charge is 0.479 e. The number of aliphatic carboxylic acids is 1. The summed E-state index contributed by atoms with van der Waals surface area (Å²) in [7, 11) is 0. The summed E-state index contributed by atoms with van der Waals surface area (Å²) >= 11 is 0. The number of carboxylic acid groups (broad SMARTS) is 1. The fourth-order valence-electron chi connectivity index (χ4n) is 14.7. The van der Waals surface area contributed by atoms with E-state index in [1.807, 2.05) is 20.8 Å². The van der Waals surface area contributed by atoms with E-state index in [0.717, 1.165) is 5.57 Å². The van der Waals surface area contributed by atoms with Gasteiger partial charge in [0.1, 0.15) is 54.9 Å². The molecule has 2 aliphatic heterocycles. The molecule has 0 unspecified atom stereocenters. The van der Waals surface area contributed by atoms with Crippen molar-refractivity contribution < 1.29 is 88.8 Å². The number of ether oxygens (including phenoxy) is 6. The summed E-state index contributed by atoms with van der Waals surface area (Å²) in [5.74, 6) is -3.65. The molecule has 2 heterocycles. The lowest BCUT2D eigenvalue weighted by Gasteiger charge is -2.73. The molecule has 0 aromatic carbocycles. The quantitative estimate of drug-likeness (QED) is 0.0690. The number of carboxylic acids is 1. The molecule has 7 aliphatic rings. The first-order valence-electron chi connectivity index (χ1n) is 24.0. The average Bonchev–Trinajstić information content (AvgIpc) is 3.25. The number of rotatable bonds is 9. The van der Waals surface area contributed by atoms with Gasteiger partial charge in [-0.25, -0.2) is 9.59 Å². The Balaban J connectivity index is 1.24. The van der Waals surface area contributed by atoms with Crippen molar-refractivity contribution in [2.45, 2.75) is 207 Å². The van der Waals surface area contributed by atoms with E-state index < -0.39 is 155 Å². The van der Waals surface area contributed by atoms with Crippen LogP contribution in [-0.2, 0) is 42.8 Å². The maximum atomic E-state index is 13.5. The van der Waals surface area contributed by atoms with Crippen molar-refractivity contribution >= 4 is 17.9 Å². The molecule has 0 radical (unpaired) electrons. The van der Waals surface area contributed by atoms with Gasteiger partial charge in [0.05, 0.1) is 30.3 Å². The molecule has 0 amide bonds. The summed E-state index contributed by atoms with van der Waals surface area (Å²) in [6.45, 7) is 19.7. The molecule has 5 aliphatic carbocycles. The molecule has 18 heteroatoms. The van der Waals surface area contributed by atoms with Gasteiger partial charge in [0.15, 0.2) is 18.7 Å². The van der Waals surface area contributed by atoms with Crippen LogP contribution in [0, 0.1) is 50.2 Å². The molecule has 0 bridgehead atoms. The molecule has 0 spiro atoms. The topological polar surface area (TPSA) is 289 Å². The standard InChI is InChI=1S/C49H76O18/c1-12-21(2)41(61)67-38-36(57)44(5,6)19-25-24-13-14-27-46(9)17-16-28(45(7,8)26(46)15-18-47(27,10)48(24,11)37(58)39(63-23(4)51)49(25,38)20-50)64-43-35(32(55)31(54)34(65-43)40(59)60)66-42-33(56)30(53)29(52)22(3)62-42/h12-13,22,25-39,42-43,50,52-58H,14-20H2,1-11H3,(H,59,60)/b21-12-/t22-,25+,26+,27-,28+,29-,30+,31+,32+,33+,34+,35-,36+,37+,38+,39-,42-,43-,46+,47-,48+,49-/m1/s1. The van der Waals surface area contributed by atoms with E-state index >= 15 is 0 Å². The van der Waals surface area contributed by atoms with Gasteiger partial charge in [-0.05, 0) is 98.7 Å². The molecule has 0 aromatic heterocycles. The first-order chi connectivity index (χ1) is 31.0. The van der Waals surface area contributed by atoms with Crippen molar-refractivity contribution in [2.75, 3.05) is 6.61 Å². The van der Waals surface area contributed by atoms with Crippen molar-refractivity contribution in [1.82, 2.24) is 0 Å². The predicted octanol–water partition coefficient (Wildman–Crippen LogP) is 1.88. The van der Waals surface area contributed by atoms with Gasteiger partial charge in [0.25, 0.3) is 0 Å². The Labute approximate surface area is 392 Å². The monoisotopic (exact) mass is 953 g/mol. The molecule has 0 aromatic rings. The van der Waals surface area contributed by atoms with Gasteiger partial charge in [-0.3, -0.25) is 4.79 Å². The first-order valence-corrected chi connectivity index (χ1v) is 24.0. The molecule has 2 saturated heterocycles. The number of carbonyl (C=O) groups excluding carboxylic acids is 2. The second kappa shape index (κ2) is 17.9. The zero-order valence-corrected chi connectivity index (χ0v) is 40.7. The SMILES string of the molecule is C/C=C(/C)C(=O)O[C@H]1[C@H](O)C(C)(C)C[C@H]2C3=CC[C@@H]4[C@@]5(C)CC[C@H](O[C@@H]6O[C@H](C(=O)O)[C@@H](O)[C@H](O)[C@H]6O[C@H]6O[C@H](C)[C@@H](O)[C@H](O)[C@@H]6O)C(C)(C)[C@@H]5CC[C@@]4(C)[C@]3(C)[C@@H](O)[C@@H](OC(C)=O)[C@]21CO. The number of carbonyl (C=O) groups is 3. The Morgan fingerprint density at radius 1 is 0.776 bits per heavy atom. The van der Waals surface area contributed by atoms with Gasteiger partial charge in [-0.2, -0.15) is 0 Å². The summed E-state index contributed by atoms with van der Waals surface area (Å²) in [6.07, 6.45) is -15.6. The highest BCUT2D eigenvalue weighted by Crippen LogP contribution is 2.76. The number of allylic oxidation sites excluding steroid dienone is 2. The zero-order chi connectivity index (χ0) is 49.9. The molecular formula is C49H76O18. The van der Waals surface area contributed by atoms with E-state index in [1.165, 1.54) is 13.8 Å². The minimum Gasteiger partial charge on any atom is -0.479 e. The van der Waals surface area contributed by atoms with E-state index in [9.17, 15) is 60.3 Å². The van der Waals surface area contributed by atoms with Gasteiger partial charge < -0.3 is 74.4 Å². The van der Waals surface area contributed by atoms with E-state index in [-0.39, 0.29) is 17.4 Å².